The van der Waals surface area contributed by atoms with Gasteiger partial charge in [-0.1, -0.05) is 34.6 Å². The van der Waals surface area contributed by atoms with Crippen LogP contribution in [0.25, 0.3) is 11.1 Å². The smallest absolute Gasteiger partial charge is 0.200 e. The zero-order chi connectivity index (χ0) is 30.7. The predicted molar refractivity (Wildman–Crippen MR) is 175 cm³/mol. The van der Waals surface area contributed by atoms with Crippen molar-refractivity contribution in [3.05, 3.63) is 58.7 Å². The number of phenols is 2. The first kappa shape index (κ1) is 29.8. The first-order valence-corrected chi connectivity index (χ1v) is 17.9. The Kier molecular flexibility index (Phi) is 8.00. The van der Waals surface area contributed by atoms with E-state index in [-0.39, 0.29) is 40.1 Å². The fraction of sp³-hybridized carbons (Fsp3) is 0.486. The highest BCUT2D eigenvalue weighted by Gasteiger charge is 2.47. The summed E-state index contributed by atoms with van der Waals surface area (Å²) in [5, 5.41) is 33.8. The van der Waals surface area contributed by atoms with Crippen LogP contribution in [-0.4, -0.2) is 53.8 Å². The minimum absolute atomic E-state index is 0.0852. The van der Waals surface area contributed by atoms with Crippen molar-refractivity contribution < 1.29 is 34.3 Å². The number of phenolic OH excluding ortho intramolecular Hbond substituents is 2. The van der Waals surface area contributed by atoms with Gasteiger partial charge in [0.05, 0.1) is 21.3 Å². The van der Waals surface area contributed by atoms with Gasteiger partial charge >= 0.3 is 0 Å². The fourth-order valence-corrected chi connectivity index (χ4v) is 11.2. The molecule has 0 saturated carbocycles. The number of ether oxygens (including phenoxy) is 4. The molecular weight excluding hydrogens is 597 g/mol. The van der Waals surface area contributed by atoms with Crippen molar-refractivity contribution in [2.75, 3.05) is 27.1 Å². The molecule has 0 aromatic heterocycles. The number of hydrogen-bond acceptors (Lipinski definition) is 9. The van der Waals surface area contributed by atoms with E-state index in [9.17, 15) is 15.3 Å². The van der Waals surface area contributed by atoms with Gasteiger partial charge in [-0.15, -0.1) is 0 Å². The van der Waals surface area contributed by atoms with E-state index in [4.69, 9.17) is 18.9 Å². The summed E-state index contributed by atoms with van der Waals surface area (Å²) in [4.78, 5) is 0. The summed E-state index contributed by atoms with van der Waals surface area (Å²) < 4.78 is 23.8. The molecule has 44 heavy (non-hydrogen) atoms. The van der Waals surface area contributed by atoms with Gasteiger partial charge in [0.25, 0.3) is 0 Å². The average molecular weight is 637 g/mol. The molecule has 2 heterocycles. The Labute approximate surface area is 266 Å². The standard InChI is InChI=1S/C35H40O7S2/c1-17-9-10-43-44-29-8-5-18(17)11-19-12-24-30(22-7-6-21(36)15-23(19)22)25(39-2)16-26-31(24)32(29)34(38)35(42-26)20-13-27(40-3)33(37)28(14-20)41-4/h6-7,13-19,29,32,34-38H,5,8-12H2,1-4H3. The largest absolute Gasteiger partial charge is 0.508 e. The van der Waals surface area contributed by atoms with Crippen molar-refractivity contribution in [1.82, 2.24) is 0 Å². The van der Waals surface area contributed by atoms with E-state index in [1.54, 1.807) is 25.3 Å². The number of rotatable bonds is 4. The maximum Gasteiger partial charge on any atom is 0.200 e. The van der Waals surface area contributed by atoms with Crippen LogP contribution < -0.4 is 18.9 Å². The Morgan fingerprint density at radius 2 is 1.66 bits per heavy atom. The van der Waals surface area contributed by atoms with Crippen LogP contribution in [-0.2, 0) is 6.42 Å². The molecule has 7 nitrogen and oxygen atoms in total. The lowest BCUT2D eigenvalue weighted by molar-refractivity contribution is -0.00259. The first-order chi connectivity index (χ1) is 21.3. The van der Waals surface area contributed by atoms with Gasteiger partial charge < -0.3 is 34.3 Å². The quantitative estimate of drug-likeness (QED) is 0.250. The van der Waals surface area contributed by atoms with Crippen molar-refractivity contribution in [2.45, 2.75) is 68.3 Å². The summed E-state index contributed by atoms with van der Waals surface area (Å²) >= 11 is 0. The molecule has 2 aliphatic heterocycles. The highest BCUT2D eigenvalue weighted by atomic mass is 33.1. The molecule has 1 fully saturated rings. The third kappa shape index (κ3) is 4.86. The van der Waals surface area contributed by atoms with Gasteiger partial charge in [0.15, 0.2) is 17.6 Å². The topological polar surface area (TPSA) is 97.6 Å². The lowest BCUT2D eigenvalue weighted by Gasteiger charge is -2.44. The third-order valence-corrected chi connectivity index (χ3v) is 13.3. The molecule has 4 bridgehead atoms. The Hall–Kier alpha value is -2.88. The molecule has 0 amide bonds. The van der Waals surface area contributed by atoms with Crippen molar-refractivity contribution in [3.8, 4) is 45.6 Å². The van der Waals surface area contributed by atoms with Gasteiger partial charge in [0.2, 0.25) is 5.75 Å². The summed E-state index contributed by atoms with van der Waals surface area (Å²) in [5.74, 6) is 4.44. The molecule has 4 aliphatic rings. The van der Waals surface area contributed by atoms with Gasteiger partial charge in [-0.2, -0.15) is 0 Å². The molecule has 0 spiro atoms. The molecule has 7 rings (SSSR count). The molecule has 0 radical (unpaired) electrons. The molecule has 1 saturated heterocycles. The maximum absolute atomic E-state index is 12.4. The van der Waals surface area contributed by atoms with E-state index in [0.717, 1.165) is 66.0 Å². The highest BCUT2D eigenvalue weighted by molar-refractivity contribution is 8.76. The lowest BCUT2D eigenvalue weighted by atomic mass is 9.67. The van der Waals surface area contributed by atoms with Crippen LogP contribution >= 0.6 is 21.6 Å². The average Bonchev–Trinajstić information content (AvgIpc) is 3.11. The Morgan fingerprint density at radius 1 is 0.909 bits per heavy atom. The van der Waals surface area contributed by atoms with Gasteiger partial charge in [0.1, 0.15) is 23.4 Å². The van der Waals surface area contributed by atoms with Crippen molar-refractivity contribution in [3.63, 3.8) is 0 Å². The van der Waals surface area contributed by atoms with Crippen LogP contribution in [0.15, 0.2) is 36.4 Å². The summed E-state index contributed by atoms with van der Waals surface area (Å²) in [6, 6.07) is 11.2. The molecule has 3 N–H and O–H groups in total. The van der Waals surface area contributed by atoms with Gasteiger partial charge in [-0.25, -0.2) is 0 Å². The minimum Gasteiger partial charge on any atom is -0.508 e. The third-order valence-electron chi connectivity index (χ3n) is 10.4. The van der Waals surface area contributed by atoms with Crippen molar-refractivity contribution in [2.24, 2.45) is 11.8 Å². The van der Waals surface area contributed by atoms with E-state index in [0.29, 0.717) is 17.4 Å². The maximum atomic E-state index is 12.4. The van der Waals surface area contributed by atoms with Crippen LogP contribution in [0.1, 0.15) is 72.8 Å². The number of hydrogen-bond donors (Lipinski definition) is 3. The number of aliphatic hydroxyl groups excluding tert-OH is 1. The second-order valence-electron chi connectivity index (χ2n) is 12.6. The summed E-state index contributed by atoms with van der Waals surface area (Å²) in [5.41, 5.74) is 6.26. The van der Waals surface area contributed by atoms with E-state index >= 15 is 0 Å². The van der Waals surface area contributed by atoms with Crippen molar-refractivity contribution >= 4 is 21.6 Å². The van der Waals surface area contributed by atoms with Crippen LogP contribution in [0.2, 0.25) is 0 Å². The SMILES string of the molecule is COc1cc(C2Oc3cc(OC)c4c5c3C(C3CCC(CC(C5)c5cc(O)ccc5-4)C(C)CCSS3)C2O)cc(OC)c1O. The van der Waals surface area contributed by atoms with Gasteiger partial charge in [-0.3, -0.25) is 0 Å². The molecule has 2 aliphatic carbocycles. The number of fused-ring (bicyclic) bond motifs is 8. The molecular formula is C35H40O7S2. The lowest BCUT2D eigenvalue weighted by Crippen LogP contribution is -2.40. The van der Waals surface area contributed by atoms with Gasteiger partial charge in [-0.05, 0) is 90.8 Å². The van der Waals surface area contributed by atoms with Crippen LogP contribution in [0.4, 0.5) is 0 Å². The van der Waals surface area contributed by atoms with E-state index in [2.05, 4.69) is 6.92 Å². The Bertz CT molecular complexity index is 1550. The molecule has 3 aromatic rings. The second kappa shape index (κ2) is 11.8. The van der Waals surface area contributed by atoms with Crippen LogP contribution in [0, 0.1) is 11.8 Å². The molecule has 9 heteroatoms. The molecule has 3 aromatic carbocycles. The number of methoxy groups -OCH3 is 3. The normalized spacial score (nSPS) is 28.9. The number of aromatic hydroxyl groups is 2. The predicted octanol–water partition coefficient (Wildman–Crippen LogP) is 7.60. The monoisotopic (exact) mass is 636 g/mol. The van der Waals surface area contributed by atoms with E-state index in [1.165, 1.54) is 25.3 Å². The number of aliphatic hydroxyl groups is 1. The summed E-state index contributed by atoms with van der Waals surface area (Å²) in [6.07, 6.45) is 3.55. The first-order valence-electron chi connectivity index (χ1n) is 15.5. The zero-order valence-electron chi connectivity index (χ0n) is 25.5. The summed E-state index contributed by atoms with van der Waals surface area (Å²) in [6.45, 7) is 2.40. The van der Waals surface area contributed by atoms with Gasteiger partial charge in [0, 0.05) is 39.7 Å². The fourth-order valence-electron chi connectivity index (χ4n) is 8.10. The van der Waals surface area contributed by atoms with E-state index < -0.39 is 12.2 Å². The second-order valence-corrected chi connectivity index (χ2v) is 15.4. The number of benzene rings is 3. The van der Waals surface area contributed by atoms with E-state index in [1.807, 2.05) is 39.8 Å². The van der Waals surface area contributed by atoms with Crippen LogP contribution in [0.3, 0.4) is 0 Å². The van der Waals surface area contributed by atoms with Crippen molar-refractivity contribution in [1.29, 1.82) is 0 Å². The molecule has 234 valence electrons. The highest BCUT2D eigenvalue weighted by Crippen LogP contribution is 2.59. The van der Waals surface area contributed by atoms with Crippen LogP contribution in [0.5, 0.6) is 34.5 Å². The molecule has 7 atom stereocenters. The molecule has 7 unspecified atom stereocenters. The zero-order valence-corrected chi connectivity index (χ0v) is 27.2. The summed E-state index contributed by atoms with van der Waals surface area (Å²) in [7, 11) is 8.53. The Balaban J connectivity index is 1.48. The Morgan fingerprint density at radius 3 is 2.39 bits per heavy atom. The minimum atomic E-state index is -0.854.